The molecule has 0 aliphatic carbocycles. The number of ketones is 1. The molecule has 4 rings (SSSR count). The van der Waals surface area contributed by atoms with Crippen LogP contribution < -0.4 is 5.32 Å². The summed E-state index contributed by atoms with van der Waals surface area (Å²) in [5.41, 5.74) is 3.61. The Morgan fingerprint density at radius 2 is 1.56 bits per heavy atom. The van der Waals surface area contributed by atoms with Crippen LogP contribution >= 0.6 is 0 Å². The number of amides is 1. The van der Waals surface area contributed by atoms with Crippen molar-refractivity contribution in [3.05, 3.63) is 101 Å². The highest BCUT2D eigenvalue weighted by atomic mass is 16.1. The molecule has 164 valence electrons. The van der Waals surface area contributed by atoms with Gasteiger partial charge in [-0.1, -0.05) is 42.5 Å². The number of piperidine rings is 1. The van der Waals surface area contributed by atoms with Gasteiger partial charge in [0, 0.05) is 31.0 Å². The number of benzene rings is 2. The van der Waals surface area contributed by atoms with Crippen LogP contribution in [-0.4, -0.2) is 34.7 Å². The number of hydrogen-bond donors (Lipinski definition) is 1. The molecule has 3 aromatic rings. The van der Waals surface area contributed by atoms with E-state index < -0.39 is 0 Å². The molecule has 2 heterocycles. The first-order chi connectivity index (χ1) is 15.6. The van der Waals surface area contributed by atoms with Crippen molar-refractivity contribution in [2.75, 3.05) is 13.1 Å². The van der Waals surface area contributed by atoms with Crippen molar-refractivity contribution in [3.8, 4) is 0 Å². The van der Waals surface area contributed by atoms with Crippen LogP contribution in [-0.2, 0) is 23.3 Å². The third-order valence-electron chi connectivity index (χ3n) is 6.53. The molecule has 0 saturated carbocycles. The highest BCUT2D eigenvalue weighted by Gasteiger charge is 2.40. The van der Waals surface area contributed by atoms with Crippen LogP contribution in [0, 0.1) is 0 Å². The summed E-state index contributed by atoms with van der Waals surface area (Å²) in [5, 5.41) is 2.94. The Morgan fingerprint density at radius 1 is 0.906 bits per heavy atom. The van der Waals surface area contributed by atoms with Gasteiger partial charge in [-0.15, -0.1) is 0 Å². The monoisotopic (exact) mass is 427 g/mol. The number of likely N-dealkylation sites (tertiary alicyclic amines) is 1. The van der Waals surface area contributed by atoms with Gasteiger partial charge < -0.3 is 5.32 Å². The van der Waals surface area contributed by atoms with Crippen molar-refractivity contribution >= 4 is 11.7 Å². The van der Waals surface area contributed by atoms with Gasteiger partial charge in [-0.25, -0.2) is 0 Å². The highest BCUT2D eigenvalue weighted by molar-refractivity contribution is 5.94. The van der Waals surface area contributed by atoms with E-state index in [1.807, 2.05) is 54.6 Å². The maximum atomic E-state index is 12.6. The second-order valence-electron chi connectivity index (χ2n) is 8.52. The second-order valence-corrected chi connectivity index (χ2v) is 8.52. The van der Waals surface area contributed by atoms with Gasteiger partial charge >= 0.3 is 0 Å². The minimum Gasteiger partial charge on any atom is -0.348 e. The molecule has 0 spiro atoms. The molecule has 1 aliphatic heterocycles. The summed E-state index contributed by atoms with van der Waals surface area (Å²) >= 11 is 0. The number of aromatic nitrogens is 1. The number of carbonyl (C=O) groups excluding carboxylic acids is 2. The average molecular weight is 428 g/mol. The first-order valence-corrected chi connectivity index (χ1v) is 11.1. The number of pyridine rings is 1. The lowest BCUT2D eigenvalue weighted by Gasteiger charge is -2.40. The van der Waals surface area contributed by atoms with E-state index in [0.717, 1.165) is 43.6 Å². The van der Waals surface area contributed by atoms with Crippen molar-refractivity contribution < 1.29 is 9.59 Å². The molecule has 32 heavy (non-hydrogen) atoms. The van der Waals surface area contributed by atoms with Crippen LogP contribution in [0.15, 0.2) is 79.1 Å². The molecule has 5 heteroatoms. The smallest absolute Gasteiger partial charge is 0.251 e. The normalized spacial score (nSPS) is 15.8. The molecule has 0 atom stereocenters. The number of nitrogens with zero attached hydrogens (tertiary/aromatic N) is 2. The van der Waals surface area contributed by atoms with Gasteiger partial charge in [0.2, 0.25) is 0 Å². The van der Waals surface area contributed by atoms with E-state index in [0.29, 0.717) is 12.1 Å². The first-order valence-electron chi connectivity index (χ1n) is 11.1. The third-order valence-corrected chi connectivity index (χ3v) is 6.53. The number of carbonyl (C=O) groups is 2. The Bertz CT molecular complexity index is 1040. The van der Waals surface area contributed by atoms with Gasteiger partial charge in [-0.05, 0) is 73.8 Å². The van der Waals surface area contributed by atoms with Crippen molar-refractivity contribution in [1.29, 1.82) is 0 Å². The molecule has 0 radical (unpaired) electrons. The maximum absolute atomic E-state index is 12.6. The van der Waals surface area contributed by atoms with Gasteiger partial charge in [0.25, 0.3) is 5.91 Å². The molecule has 0 unspecified atom stereocenters. The standard InChI is InChI=1S/C27H29N3O2/c1-21(31)27(25-5-3-2-4-6-25)13-17-30(18-14-27)20-23-7-9-24(10-8-23)26(32)29-19-22-11-15-28-16-12-22/h2-12,15-16H,13-14,17-20H2,1H3,(H,29,32). The topological polar surface area (TPSA) is 62.3 Å². The fourth-order valence-electron chi connectivity index (χ4n) is 4.50. The Balaban J connectivity index is 1.32. The van der Waals surface area contributed by atoms with Crippen molar-refractivity contribution in [1.82, 2.24) is 15.2 Å². The number of nitrogens with one attached hydrogen (secondary N) is 1. The largest absolute Gasteiger partial charge is 0.348 e. The molecule has 1 amide bonds. The lowest BCUT2D eigenvalue weighted by Crippen LogP contribution is -2.46. The SMILES string of the molecule is CC(=O)C1(c2ccccc2)CCN(Cc2ccc(C(=O)NCc3ccncc3)cc2)CC1. The van der Waals surface area contributed by atoms with Crippen LogP contribution in [0.1, 0.15) is 46.8 Å². The Labute approximate surface area is 189 Å². The van der Waals surface area contributed by atoms with E-state index in [1.54, 1.807) is 19.3 Å². The van der Waals surface area contributed by atoms with E-state index in [2.05, 4.69) is 27.3 Å². The molecule has 1 N–H and O–H groups in total. The third kappa shape index (κ3) is 4.94. The van der Waals surface area contributed by atoms with Crippen LogP contribution in [0.4, 0.5) is 0 Å². The van der Waals surface area contributed by atoms with Gasteiger partial charge in [0.05, 0.1) is 5.41 Å². The van der Waals surface area contributed by atoms with Gasteiger partial charge in [-0.3, -0.25) is 19.5 Å². The highest BCUT2D eigenvalue weighted by Crippen LogP contribution is 2.36. The van der Waals surface area contributed by atoms with Crippen LogP contribution in [0.2, 0.25) is 0 Å². The van der Waals surface area contributed by atoms with Crippen molar-refractivity contribution in [3.63, 3.8) is 0 Å². The lowest BCUT2D eigenvalue weighted by atomic mass is 9.70. The van der Waals surface area contributed by atoms with Gasteiger partial charge in [0.1, 0.15) is 5.78 Å². The van der Waals surface area contributed by atoms with Crippen molar-refractivity contribution in [2.45, 2.75) is 38.3 Å². The molecule has 1 saturated heterocycles. The van der Waals surface area contributed by atoms with E-state index >= 15 is 0 Å². The van der Waals surface area contributed by atoms with Crippen LogP contribution in [0.25, 0.3) is 0 Å². The molecule has 5 nitrogen and oxygen atoms in total. The number of hydrogen-bond acceptors (Lipinski definition) is 4. The first kappa shape index (κ1) is 21.9. The van der Waals surface area contributed by atoms with E-state index in [-0.39, 0.29) is 17.1 Å². The summed E-state index contributed by atoms with van der Waals surface area (Å²) in [4.78, 5) is 31.4. The predicted octanol–water partition coefficient (Wildman–Crippen LogP) is 4.13. The summed E-state index contributed by atoms with van der Waals surface area (Å²) < 4.78 is 0. The quantitative estimate of drug-likeness (QED) is 0.616. The van der Waals surface area contributed by atoms with E-state index in [4.69, 9.17) is 0 Å². The fourth-order valence-corrected chi connectivity index (χ4v) is 4.50. The van der Waals surface area contributed by atoms with Gasteiger partial charge in [0.15, 0.2) is 0 Å². The van der Waals surface area contributed by atoms with E-state index in [1.165, 1.54) is 5.56 Å². The summed E-state index contributed by atoms with van der Waals surface area (Å²) in [6, 6.07) is 21.8. The van der Waals surface area contributed by atoms with Gasteiger partial charge in [-0.2, -0.15) is 0 Å². The lowest BCUT2D eigenvalue weighted by molar-refractivity contribution is -0.124. The zero-order valence-corrected chi connectivity index (χ0v) is 18.5. The molecule has 2 aromatic carbocycles. The maximum Gasteiger partial charge on any atom is 0.251 e. The minimum atomic E-state index is -0.367. The Kier molecular flexibility index (Phi) is 6.76. The van der Waals surface area contributed by atoms with E-state index in [9.17, 15) is 9.59 Å². The molecule has 0 bridgehead atoms. The van der Waals surface area contributed by atoms with Crippen LogP contribution in [0.3, 0.4) is 0 Å². The van der Waals surface area contributed by atoms with Crippen LogP contribution in [0.5, 0.6) is 0 Å². The Hall–Kier alpha value is -3.31. The minimum absolute atomic E-state index is 0.0829. The van der Waals surface area contributed by atoms with Crippen molar-refractivity contribution in [2.24, 2.45) is 0 Å². The average Bonchev–Trinajstić information content (AvgIpc) is 2.84. The second kappa shape index (κ2) is 9.88. The predicted molar refractivity (Wildman–Crippen MR) is 125 cm³/mol. The fraction of sp³-hybridized carbons (Fsp3) is 0.296. The molecular weight excluding hydrogens is 398 g/mol. The molecule has 1 aromatic heterocycles. The number of rotatable bonds is 7. The number of Topliss-reactive ketones (excluding diaryl/α,β-unsaturated/α-hetero) is 1. The summed E-state index contributed by atoms with van der Waals surface area (Å²) in [5.74, 6) is 0.172. The zero-order chi connectivity index (χ0) is 22.4. The molecule has 1 fully saturated rings. The summed E-state index contributed by atoms with van der Waals surface area (Å²) in [6.45, 7) is 4.78. The zero-order valence-electron chi connectivity index (χ0n) is 18.5. The Morgan fingerprint density at radius 3 is 2.19 bits per heavy atom. The summed E-state index contributed by atoms with van der Waals surface area (Å²) in [7, 11) is 0. The molecular formula is C27H29N3O2. The molecule has 1 aliphatic rings. The summed E-state index contributed by atoms with van der Waals surface area (Å²) in [6.07, 6.45) is 5.11.